The molecule has 1 aromatic rings. The summed E-state index contributed by atoms with van der Waals surface area (Å²) in [6.07, 6.45) is 3.16. The minimum absolute atomic E-state index is 0.0173. The summed E-state index contributed by atoms with van der Waals surface area (Å²) in [6, 6.07) is 1.77. The van der Waals surface area contributed by atoms with Gasteiger partial charge in [-0.15, -0.1) is 0 Å². The molecule has 0 radical (unpaired) electrons. The number of carbonyl (C=O) groups is 1. The lowest BCUT2D eigenvalue weighted by molar-refractivity contribution is 0.0685. The van der Waals surface area contributed by atoms with E-state index in [0.717, 1.165) is 30.6 Å². The number of aryl methyl sites for hydroxylation is 2. The maximum absolute atomic E-state index is 12.2. The number of aliphatic hydroxyl groups is 1. The molecule has 0 saturated carbocycles. The topological polar surface area (TPSA) is 53.7 Å². The molecule has 1 rings (SSSR count). The van der Waals surface area contributed by atoms with Gasteiger partial charge in [-0.25, -0.2) is 0 Å². The van der Waals surface area contributed by atoms with E-state index in [1.807, 2.05) is 13.8 Å². The fourth-order valence-electron chi connectivity index (χ4n) is 1.82. The van der Waals surface area contributed by atoms with Gasteiger partial charge < -0.3 is 14.4 Å². The number of furan rings is 1. The molecule has 18 heavy (non-hydrogen) atoms. The van der Waals surface area contributed by atoms with Gasteiger partial charge in [0.05, 0.1) is 6.61 Å². The standard InChI is InChI=1S/C14H23NO3/c1-4-5-6-7-15(8-9-16)14(17)13-10-11(2)12(3)18-13/h10,16H,4-9H2,1-3H3. The summed E-state index contributed by atoms with van der Waals surface area (Å²) in [5.74, 6) is 1.02. The highest BCUT2D eigenvalue weighted by molar-refractivity contribution is 5.91. The van der Waals surface area contributed by atoms with E-state index in [2.05, 4.69) is 6.92 Å². The van der Waals surface area contributed by atoms with Crippen LogP contribution in [-0.2, 0) is 0 Å². The molecule has 0 aliphatic carbocycles. The zero-order chi connectivity index (χ0) is 13.5. The Labute approximate surface area is 109 Å². The molecule has 0 aliphatic heterocycles. The van der Waals surface area contributed by atoms with Crippen molar-refractivity contribution in [3.05, 3.63) is 23.2 Å². The lowest BCUT2D eigenvalue weighted by atomic mass is 10.2. The Hall–Kier alpha value is -1.29. The van der Waals surface area contributed by atoms with Crippen molar-refractivity contribution in [1.29, 1.82) is 0 Å². The summed E-state index contributed by atoms with van der Waals surface area (Å²) in [5.41, 5.74) is 0.982. The highest BCUT2D eigenvalue weighted by Gasteiger charge is 2.19. The average Bonchev–Trinajstić information content (AvgIpc) is 2.68. The van der Waals surface area contributed by atoms with Crippen LogP contribution in [0.3, 0.4) is 0 Å². The molecule has 1 heterocycles. The Balaban J connectivity index is 2.69. The second-order valence-corrected chi connectivity index (χ2v) is 4.57. The number of hydrogen-bond donors (Lipinski definition) is 1. The van der Waals surface area contributed by atoms with Crippen LogP contribution >= 0.6 is 0 Å². The van der Waals surface area contributed by atoms with Crippen LogP contribution in [0.4, 0.5) is 0 Å². The van der Waals surface area contributed by atoms with Gasteiger partial charge in [0, 0.05) is 13.1 Å². The Bertz CT molecular complexity index is 365. The van der Waals surface area contributed by atoms with Gasteiger partial charge in [-0.3, -0.25) is 4.79 Å². The van der Waals surface area contributed by atoms with Crippen molar-refractivity contribution in [1.82, 2.24) is 4.90 Å². The van der Waals surface area contributed by atoms with Gasteiger partial charge in [0.2, 0.25) is 0 Å². The van der Waals surface area contributed by atoms with Crippen LogP contribution in [0.25, 0.3) is 0 Å². The SMILES string of the molecule is CCCCCN(CCO)C(=O)c1cc(C)c(C)o1. The van der Waals surface area contributed by atoms with Crippen molar-refractivity contribution in [2.24, 2.45) is 0 Å². The lowest BCUT2D eigenvalue weighted by Gasteiger charge is -2.20. The van der Waals surface area contributed by atoms with Crippen molar-refractivity contribution >= 4 is 5.91 Å². The molecule has 1 aromatic heterocycles. The van der Waals surface area contributed by atoms with Crippen LogP contribution in [0.5, 0.6) is 0 Å². The minimum Gasteiger partial charge on any atom is -0.456 e. The van der Waals surface area contributed by atoms with E-state index in [4.69, 9.17) is 9.52 Å². The Kier molecular flexibility index (Phi) is 5.92. The fraction of sp³-hybridized carbons (Fsp3) is 0.643. The second-order valence-electron chi connectivity index (χ2n) is 4.57. The zero-order valence-corrected chi connectivity index (χ0v) is 11.5. The van der Waals surface area contributed by atoms with Gasteiger partial charge in [-0.2, -0.15) is 0 Å². The Morgan fingerprint density at radius 3 is 2.56 bits per heavy atom. The van der Waals surface area contributed by atoms with Crippen molar-refractivity contribution in [3.63, 3.8) is 0 Å². The summed E-state index contributed by atoms with van der Waals surface area (Å²) in [6.45, 7) is 6.91. The first-order valence-electron chi connectivity index (χ1n) is 6.57. The first kappa shape index (κ1) is 14.8. The molecule has 0 saturated heterocycles. The minimum atomic E-state index is -0.128. The molecule has 4 nitrogen and oxygen atoms in total. The van der Waals surface area contributed by atoms with Crippen LogP contribution in [0.15, 0.2) is 10.5 Å². The van der Waals surface area contributed by atoms with E-state index >= 15 is 0 Å². The smallest absolute Gasteiger partial charge is 0.289 e. The Morgan fingerprint density at radius 1 is 1.33 bits per heavy atom. The number of unbranched alkanes of at least 4 members (excludes halogenated alkanes) is 2. The summed E-state index contributed by atoms with van der Waals surface area (Å²) in [4.78, 5) is 13.9. The maximum Gasteiger partial charge on any atom is 0.289 e. The van der Waals surface area contributed by atoms with Crippen molar-refractivity contribution in [2.75, 3.05) is 19.7 Å². The summed E-state index contributed by atoms with van der Waals surface area (Å²) in [7, 11) is 0. The first-order valence-corrected chi connectivity index (χ1v) is 6.57. The van der Waals surface area contributed by atoms with Crippen molar-refractivity contribution < 1.29 is 14.3 Å². The number of carbonyl (C=O) groups excluding carboxylic acids is 1. The molecule has 0 atom stereocenters. The number of hydrogen-bond acceptors (Lipinski definition) is 3. The molecule has 4 heteroatoms. The van der Waals surface area contributed by atoms with E-state index in [9.17, 15) is 4.79 Å². The van der Waals surface area contributed by atoms with E-state index in [-0.39, 0.29) is 12.5 Å². The highest BCUT2D eigenvalue weighted by atomic mass is 16.4. The van der Waals surface area contributed by atoms with Gasteiger partial charge in [-0.05, 0) is 31.9 Å². The van der Waals surface area contributed by atoms with E-state index in [1.165, 1.54) is 0 Å². The van der Waals surface area contributed by atoms with Crippen molar-refractivity contribution in [3.8, 4) is 0 Å². The molecular formula is C14H23NO3. The van der Waals surface area contributed by atoms with Gasteiger partial charge in [0.15, 0.2) is 5.76 Å². The average molecular weight is 253 g/mol. The van der Waals surface area contributed by atoms with E-state index in [0.29, 0.717) is 18.8 Å². The molecule has 0 aromatic carbocycles. The maximum atomic E-state index is 12.2. The third-order valence-corrected chi connectivity index (χ3v) is 3.07. The predicted octanol–water partition coefficient (Wildman–Crippen LogP) is 2.52. The number of rotatable bonds is 7. The molecule has 0 fully saturated rings. The van der Waals surface area contributed by atoms with Crippen LogP contribution in [0, 0.1) is 13.8 Å². The number of nitrogens with zero attached hydrogens (tertiary/aromatic N) is 1. The van der Waals surface area contributed by atoms with Gasteiger partial charge >= 0.3 is 0 Å². The van der Waals surface area contributed by atoms with Crippen LogP contribution < -0.4 is 0 Å². The predicted molar refractivity (Wildman–Crippen MR) is 70.7 cm³/mol. The zero-order valence-electron chi connectivity index (χ0n) is 11.5. The fourth-order valence-corrected chi connectivity index (χ4v) is 1.82. The van der Waals surface area contributed by atoms with Gasteiger partial charge in [0.25, 0.3) is 5.91 Å². The molecule has 1 N–H and O–H groups in total. The number of amides is 1. The normalized spacial score (nSPS) is 10.7. The van der Waals surface area contributed by atoms with Crippen molar-refractivity contribution in [2.45, 2.75) is 40.0 Å². The molecule has 0 unspecified atom stereocenters. The van der Waals surface area contributed by atoms with E-state index < -0.39 is 0 Å². The molecule has 0 spiro atoms. The molecule has 102 valence electrons. The van der Waals surface area contributed by atoms with Crippen LogP contribution in [0.1, 0.15) is 48.1 Å². The lowest BCUT2D eigenvalue weighted by Crippen LogP contribution is -2.34. The van der Waals surface area contributed by atoms with E-state index in [1.54, 1.807) is 11.0 Å². The van der Waals surface area contributed by atoms with Crippen LogP contribution in [-0.4, -0.2) is 35.6 Å². The second kappa shape index (κ2) is 7.21. The third-order valence-electron chi connectivity index (χ3n) is 3.07. The van der Waals surface area contributed by atoms with Gasteiger partial charge in [-0.1, -0.05) is 19.8 Å². The molecule has 1 amide bonds. The van der Waals surface area contributed by atoms with Gasteiger partial charge in [0.1, 0.15) is 5.76 Å². The monoisotopic (exact) mass is 253 g/mol. The molecule has 0 bridgehead atoms. The third kappa shape index (κ3) is 3.88. The largest absolute Gasteiger partial charge is 0.456 e. The highest BCUT2D eigenvalue weighted by Crippen LogP contribution is 2.15. The van der Waals surface area contributed by atoms with Crippen LogP contribution in [0.2, 0.25) is 0 Å². The Morgan fingerprint density at radius 2 is 2.06 bits per heavy atom. The summed E-state index contributed by atoms with van der Waals surface area (Å²) in [5, 5.41) is 9.02. The first-order chi connectivity index (χ1) is 8.60. The summed E-state index contributed by atoms with van der Waals surface area (Å²) < 4.78 is 5.44. The molecule has 0 aliphatic rings. The quantitative estimate of drug-likeness (QED) is 0.760. The summed E-state index contributed by atoms with van der Waals surface area (Å²) >= 11 is 0. The number of aliphatic hydroxyl groups excluding tert-OH is 1. The molecular weight excluding hydrogens is 230 g/mol.